The molecule has 0 spiro atoms. The van der Waals surface area contributed by atoms with E-state index in [0.717, 1.165) is 31.1 Å². The van der Waals surface area contributed by atoms with Crippen molar-refractivity contribution in [1.82, 2.24) is 4.90 Å². The first-order chi connectivity index (χ1) is 9.30. The summed E-state index contributed by atoms with van der Waals surface area (Å²) < 4.78 is 10.6. The lowest BCUT2D eigenvalue weighted by atomic mass is 10.2. The normalized spacial score (nSPS) is 14.4. The predicted molar refractivity (Wildman–Crippen MR) is 76.8 cm³/mol. The molecule has 0 atom stereocenters. The highest BCUT2D eigenvalue weighted by Gasteiger charge is 2.20. The Balaban J connectivity index is 1.72. The first-order valence-corrected chi connectivity index (χ1v) is 7.16. The van der Waals surface area contributed by atoms with Crippen LogP contribution in [0.3, 0.4) is 0 Å². The Bertz CT molecular complexity index is 559. The average molecular weight is 275 g/mol. The quantitative estimate of drug-likeness (QED) is 0.854. The molecule has 0 aliphatic carbocycles. The molecule has 19 heavy (non-hydrogen) atoms. The molecule has 3 rings (SSSR count). The molecule has 2 heterocycles. The van der Waals surface area contributed by atoms with E-state index in [9.17, 15) is 0 Å². The third-order valence-electron chi connectivity index (χ3n) is 3.45. The van der Waals surface area contributed by atoms with Crippen molar-refractivity contribution in [3.8, 4) is 11.5 Å². The van der Waals surface area contributed by atoms with Crippen molar-refractivity contribution in [3.63, 3.8) is 0 Å². The van der Waals surface area contributed by atoms with Crippen LogP contribution in [0.15, 0.2) is 29.6 Å². The van der Waals surface area contributed by atoms with Gasteiger partial charge >= 0.3 is 0 Å². The Morgan fingerprint density at radius 3 is 2.68 bits per heavy atom. The molecule has 100 valence electrons. The van der Waals surface area contributed by atoms with Crippen molar-refractivity contribution in [1.29, 1.82) is 0 Å². The zero-order valence-electron chi connectivity index (χ0n) is 11.2. The van der Waals surface area contributed by atoms with Crippen LogP contribution in [0.1, 0.15) is 16.0 Å². The van der Waals surface area contributed by atoms with Crippen LogP contribution in [-0.4, -0.2) is 19.1 Å². The molecule has 4 heteroatoms. The van der Waals surface area contributed by atoms with Gasteiger partial charge in [-0.05, 0) is 34.7 Å². The van der Waals surface area contributed by atoms with Crippen LogP contribution in [0.2, 0.25) is 0 Å². The van der Waals surface area contributed by atoms with Gasteiger partial charge in [-0.25, -0.2) is 0 Å². The Morgan fingerprint density at radius 1 is 1.11 bits per heavy atom. The van der Waals surface area contributed by atoms with E-state index < -0.39 is 0 Å². The van der Waals surface area contributed by atoms with Crippen LogP contribution in [-0.2, 0) is 19.6 Å². The highest BCUT2D eigenvalue weighted by Crippen LogP contribution is 2.31. The van der Waals surface area contributed by atoms with E-state index in [1.54, 1.807) is 14.2 Å². The van der Waals surface area contributed by atoms with Gasteiger partial charge < -0.3 is 9.47 Å². The van der Waals surface area contributed by atoms with Crippen LogP contribution < -0.4 is 9.47 Å². The van der Waals surface area contributed by atoms with Gasteiger partial charge in [-0.15, -0.1) is 11.3 Å². The maximum atomic E-state index is 5.35. The Kier molecular flexibility index (Phi) is 3.44. The molecule has 1 aromatic heterocycles. The highest BCUT2D eigenvalue weighted by atomic mass is 32.1. The molecule has 0 N–H and O–H groups in total. The molecule has 0 fully saturated rings. The second-order valence-electron chi connectivity index (χ2n) is 4.70. The van der Waals surface area contributed by atoms with Gasteiger partial charge in [-0.1, -0.05) is 6.07 Å². The summed E-state index contributed by atoms with van der Waals surface area (Å²) in [7, 11) is 3.34. The Morgan fingerprint density at radius 2 is 1.95 bits per heavy atom. The van der Waals surface area contributed by atoms with Gasteiger partial charge in [0.25, 0.3) is 0 Å². The Hall–Kier alpha value is -1.52. The number of thiophene rings is 1. The molecule has 0 amide bonds. The van der Waals surface area contributed by atoms with E-state index in [1.807, 2.05) is 17.4 Å². The second-order valence-corrected chi connectivity index (χ2v) is 5.70. The fraction of sp³-hybridized carbons (Fsp3) is 0.333. The molecule has 2 aromatic rings. The Labute approximate surface area is 117 Å². The first kappa shape index (κ1) is 12.5. The number of ether oxygens (including phenoxy) is 2. The maximum absolute atomic E-state index is 5.35. The van der Waals surface area contributed by atoms with Crippen LogP contribution in [0.5, 0.6) is 11.5 Å². The fourth-order valence-electron chi connectivity index (χ4n) is 2.50. The molecule has 3 nitrogen and oxygen atoms in total. The van der Waals surface area contributed by atoms with Crippen molar-refractivity contribution in [2.75, 3.05) is 14.2 Å². The summed E-state index contributed by atoms with van der Waals surface area (Å²) >= 11 is 1.85. The summed E-state index contributed by atoms with van der Waals surface area (Å²) in [6.45, 7) is 3.05. The van der Waals surface area contributed by atoms with Gasteiger partial charge in [0.05, 0.1) is 14.2 Å². The lowest BCUT2D eigenvalue weighted by molar-refractivity contribution is 0.275. The van der Waals surface area contributed by atoms with Gasteiger partial charge in [0, 0.05) is 24.5 Å². The number of nitrogens with zero attached hydrogens (tertiary/aromatic N) is 1. The second kappa shape index (κ2) is 5.23. The largest absolute Gasteiger partial charge is 0.493 e. The van der Waals surface area contributed by atoms with Crippen LogP contribution in [0, 0.1) is 0 Å². The van der Waals surface area contributed by atoms with E-state index in [2.05, 4.69) is 28.5 Å². The number of hydrogen-bond donors (Lipinski definition) is 0. The molecule has 0 bridgehead atoms. The van der Waals surface area contributed by atoms with E-state index >= 15 is 0 Å². The third kappa shape index (κ3) is 2.46. The number of rotatable bonds is 4. The minimum Gasteiger partial charge on any atom is -0.493 e. The lowest BCUT2D eigenvalue weighted by Gasteiger charge is -2.16. The predicted octanol–water partition coefficient (Wildman–Crippen LogP) is 3.28. The summed E-state index contributed by atoms with van der Waals surface area (Å²) in [4.78, 5) is 3.95. The lowest BCUT2D eigenvalue weighted by Crippen LogP contribution is -2.15. The summed E-state index contributed by atoms with van der Waals surface area (Å²) in [5.41, 5.74) is 2.73. The van der Waals surface area contributed by atoms with Gasteiger partial charge in [0.1, 0.15) is 0 Å². The van der Waals surface area contributed by atoms with E-state index in [4.69, 9.17) is 9.47 Å². The van der Waals surface area contributed by atoms with Crippen molar-refractivity contribution in [2.45, 2.75) is 19.6 Å². The van der Waals surface area contributed by atoms with E-state index in [1.165, 1.54) is 16.0 Å². The first-order valence-electron chi connectivity index (χ1n) is 6.28. The molecule has 1 aliphatic rings. The number of hydrogen-bond acceptors (Lipinski definition) is 4. The SMILES string of the molecule is COc1ccc(CN2Cc3ccsc3C2)cc1OC. The van der Waals surface area contributed by atoms with Crippen molar-refractivity contribution in [2.24, 2.45) is 0 Å². The summed E-state index contributed by atoms with van der Waals surface area (Å²) in [5, 5.41) is 2.18. The van der Waals surface area contributed by atoms with Crippen LogP contribution >= 0.6 is 11.3 Å². The zero-order chi connectivity index (χ0) is 13.2. The van der Waals surface area contributed by atoms with Crippen molar-refractivity contribution in [3.05, 3.63) is 45.6 Å². The smallest absolute Gasteiger partial charge is 0.161 e. The molecular weight excluding hydrogens is 258 g/mol. The van der Waals surface area contributed by atoms with Gasteiger partial charge in [0.15, 0.2) is 11.5 Å². The average Bonchev–Trinajstić information content (AvgIpc) is 2.99. The van der Waals surface area contributed by atoms with Gasteiger partial charge in [0.2, 0.25) is 0 Å². The highest BCUT2D eigenvalue weighted by molar-refractivity contribution is 7.10. The third-order valence-corrected chi connectivity index (χ3v) is 4.40. The maximum Gasteiger partial charge on any atom is 0.161 e. The molecule has 0 unspecified atom stereocenters. The van der Waals surface area contributed by atoms with Crippen molar-refractivity contribution >= 4 is 11.3 Å². The van der Waals surface area contributed by atoms with Crippen molar-refractivity contribution < 1.29 is 9.47 Å². The molecular formula is C15H17NO2S. The topological polar surface area (TPSA) is 21.7 Å². The minimum atomic E-state index is 0.784. The zero-order valence-corrected chi connectivity index (χ0v) is 12.0. The number of methoxy groups -OCH3 is 2. The van der Waals surface area contributed by atoms with Crippen LogP contribution in [0.25, 0.3) is 0 Å². The molecule has 1 aliphatic heterocycles. The number of benzene rings is 1. The monoisotopic (exact) mass is 275 g/mol. The van der Waals surface area contributed by atoms with E-state index in [0.29, 0.717) is 0 Å². The van der Waals surface area contributed by atoms with Gasteiger partial charge in [-0.3, -0.25) is 4.90 Å². The molecule has 0 radical (unpaired) electrons. The summed E-state index contributed by atoms with van der Waals surface area (Å²) in [6.07, 6.45) is 0. The number of fused-ring (bicyclic) bond motifs is 1. The fourth-order valence-corrected chi connectivity index (χ4v) is 3.43. The summed E-state index contributed by atoms with van der Waals surface area (Å²) in [6, 6.07) is 8.37. The molecule has 1 aromatic carbocycles. The van der Waals surface area contributed by atoms with Crippen LogP contribution in [0.4, 0.5) is 0 Å². The van der Waals surface area contributed by atoms with Gasteiger partial charge in [-0.2, -0.15) is 0 Å². The standard InChI is InChI=1S/C15H17NO2S/c1-17-13-4-3-11(7-14(13)18-2)8-16-9-12-5-6-19-15(12)10-16/h3-7H,8-10H2,1-2H3. The molecule has 0 saturated carbocycles. The minimum absolute atomic E-state index is 0.784. The summed E-state index contributed by atoms with van der Waals surface area (Å²) in [5.74, 6) is 1.58. The molecule has 0 saturated heterocycles. The van der Waals surface area contributed by atoms with E-state index in [-0.39, 0.29) is 0 Å².